The van der Waals surface area contributed by atoms with Crippen LogP contribution in [0.3, 0.4) is 0 Å². The molecule has 1 fully saturated rings. The summed E-state index contributed by atoms with van der Waals surface area (Å²) in [6.07, 6.45) is 8.73. The third-order valence-corrected chi connectivity index (χ3v) is 2.71. The van der Waals surface area contributed by atoms with Crippen molar-refractivity contribution in [2.45, 2.75) is 44.6 Å². The summed E-state index contributed by atoms with van der Waals surface area (Å²) in [4.78, 5) is 13.9. The molecule has 0 aromatic carbocycles. The number of hydrogen-bond acceptors (Lipinski definition) is 2. The maximum atomic E-state index is 10.1. The van der Waals surface area contributed by atoms with Crippen molar-refractivity contribution in [1.29, 1.82) is 0 Å². The number of rotatable bonds is 3. The van der Waals surface area contributed by atoms with Crippen LogP contribution in [-0.2, 0) is 4.79 Å². The Labute approximate surface area is 74.1 Å². The fourth-order valence-corrected chi connectivity index (χ4v) is 1.99. The van der Waals surface area contributed by atoms with Gasteiger partial charge in [-0.25, -0.2) is 9.79 Å². The highest BCUT2D eigenvalue weighted by Crippen LogP contribution is 2.28. The minimum absolute atomic E-state index is 0.141. The Morgan fingerprint density at radius 1 is 1.42 bits per heavy atom. The monoisotopic (exact) mass is 166 g/mol. The lowest BCUT2D eigenvalue weighted by atomic mass is 9.83. The van der Waals surface area contributed by atoms with E-state index in [1.807, 2.05) is 0 Å². The first kappa shape index (κ1) is 9.47. The highest BCUT2D eigenvalue weighted by Gasteiger charge is 2.21. The molecule has 0 spiro atoms. The highest BCUT2D eigenvalue weighted by molar-refractivity contribution is 5.33. The van der Waals surface area contributed by atoms with Gasteiger partial charge in [0.2, 0.25) is 6.08 Å². The van der Waals surface area contributed by atoms with Crippen molar-refractivity contribution in [2.24, 2.45) is 10.9 Å². The molecule has 1 saturated carbocycles. The number of hydrogen-bond donors (Lipinski definition) is 0. The summed E-state index contributed by atoms with van der Waals surface area (Å²) >= 11 is 0. The molecule has 0 aliphatic heterocycles. The number of isocyanates is 1. The van der Waals surface area contributed by atoms with Gasteiger partial charge in [-0.3, -0.25) is 0 Å². The Bertz CT molecular complexity index is 167. The molecule has 12 heavy (non-hydrogen) atoms. The number of carbonyl (C=O) groups excluding carboxylic acids is 1. The van der Waals surface area contributed by atoms with Gasteiger partial charge in [-0.2, -0.15) is 0 Å². The van der Waals surface area contributed by atoms with Gasteiger partial charge >= 0.3 is 0 Å². The van der Waals surface area contributed by atoms with Crippen LogP contribution in [0.15, 0.2) is 4.99 Å². The Hall–Kier alpha value is -0.620. The standard InChI is InChI=1S/C10H16NO/c1-2-10(11-8-12)9-6-4-3-5-7-9/h9-10H,1-7H2/t10-/m0/s1. The Kier molecular flexibility index (Phi) is 4.02. The van der Waals surface area contributed by atoms with Gasteiger partial charge in [-0.15, -0.1) is 0 Å². The van der Waals surface area contributed by atoms with Crippen molar-refractivity contribution in [3.8, 4) is 0 Å². The summed E-state index contributed by atoms with van der Waals surface area (Å²) < 4.78 is 0. The molecular weight excluding hydrogens is 150 g/mol. The summed E-state index contributed by atoms with van der Waals surface area (Å²) in [6.45, 7) is 3.81. The van der Waals surface area contributed by atoms with Crippen molar-refractivity contribution in [1.82, 2.24) is 0 Å². The van der Waals surface area contributed by atoms with Crippen molar-refractivity contribution in [3.63, 3.8) is 0 Å². The SMILES string of the molecule is [CH2]C[C@H](N=C=O)C1CCCCC1. The Morgan fingerprint density at radius 3 is 2.58 bits per heavy atom. The van der Waals surface area contributed by atoms with Gasteiger partial charge in [0, 0.05) is 0 Å². The van der Waals surface area contributed by atoms with Crippen LogP contribution in [-0.4, -0.2) is 12.1 Å². The minimum Gasteiger partial charge on any atom is -0.211 e. The molecule has 0 heterocycles. The fraction of sp³-hybridized carbons (Fsp3) is 0.800. The molecule has 2 heteroatoms. The lowest BCUT2D eigenvalue weighted by Crippen LogP contribution is -2.20. The van der Waals surface area contributed by atoms with Crippen LogP contribution in [0.1, 0.15) is 38.5 Å². The van der Waals surface area contributed by atoms with Gasteiger partial charge < -0.3 is 0 Å². The van der Waals surface area contributed by atoms with Crippen LogP contribution in [0.25, 0.3) is 0 Å². The first-order valence-corrected chi connectivity index (χ1v) is 4.74. The lowest BCUT2D eigenvalue weighted by Gasteiger charge is -2.25. The second-order valence-electron chi connectivity index (χ2n) is 3.47. The molecular formula is C10H16NO. The maximum absolute atomic E-state index is 10.1. The summed E-state index contributed by atoms with van der Waals surface area (Å²) in [7, 11) is 0. The third-order valence-electron chi connectivity index (χ3n) is 2.71. The van der Waals surface area contributed by atoms with Crippen LogP contribution in [0.4, 0.5) is 0 Å². The van der Waals surface area contributed by atoms with Crippen LogP contribution in [0.5, 0.6) is 0 Å². The summed E-state index contributed by atoms with van der Waals surface area (Å²) in [6, 6.07) is 0.141. The molecule has 2 nitrogen and oxygen atoms in total. The molecule has 0 amide bonds. The van der Waals surface area contributed by atoms with E-state index in [4.69, 9.17) is 0 Å². The van der Waals surface area contributed by atoms with Gasteiger partial charge in [-0.05, 0) is 25.2 Å². The first-order chi connectivity index (χ1) is 5.88. The molecule has 1 aliphatic rings. The van der Waals surface area contributed by atoms with Crippen molar-refractivity contribution in [3.05, 3.63) is 6.92 Å². The normalized spacial score (nSPS) is 21.4. The van der Waals surface area contributed by atoms with Gasteiger partial charge in [0.25, 0.3) is 0 Å². The van der Waals surface area contributed by atoms with Crippen molar-refractivity contribution in [2.75, 3.05) is 0 Å². The van der Waals surface area contributed by atoms with E-state index in [1.165, 1.54) is 32.1 Å². The molecule has 0 saturated heterocycles. The zero-order valence-electron chi connectivity index (χ0n) is 7.46. The molecule has 0 aromatic heterocycles. The smallest absolute Gasteiger partial charge is 0.211 e. The van der Waals surface area contributed by atoms with Crippen LogP contribution >= 0.6 is 0 Å². The lowest BCUT2D eigenvalue weighted by molar-refractivity contribution is 0.305. The van der Waals surface area contributed by atoms with Crippen molar-refractivity contribution < 1.29 is 4.79 Å². The molecule has 0 unspecified atom stereocenters. The predicted molar refractivity (Wildman–Crippen MR) is 48.5 cm³/mol. The van der Waals surface area contributed by atoms with Crippen molar-refractivity contribution >= 4 is 6.08 Å². The topological polar surface area (TPSA) is 29.4 Å². The van der Waals surface area contributed by atoms with E-state index in [9.17, 15) is 4.79 Å². The molecule has 1 aliphatic carbocycles. The minimum atomic E-state index is 0.141. The van der Waals surface area contributed by atoms with E-state index < -0.39 is 0 Å². The largest absolute Gasteiger partial charge is 0.235 e. The summed E-state index contributed by atoms with van der Waals surface area (Å²) in [5, 5.41) is 0. The number of aliphatic imine (C=N–C) groups is 1. The van der Waals surface area contributed by atoms with Gasteiger partial charge in [-0.1, -0.05) is 26.2 Å². The Morgan fingerprint density at radius 2 is 2.08 bits per heavy atom. The summed E-state index contributed by atoms with van der Waals surface area (Å²) in [5.41, 5.74) is 0. The van der Waals surface area contributed by atoms with Gasteiger partial charge in [0.15, 0.2) is 0 Å². The van der Waals surface area contributed by atoms with Crippen LogP contribution < -0.4 is 0 Å². The van der Waals surface area contributed by atoms with E-state index in [0.29, 0.717) is 5.92 Å². The van der Waals surface area contributed by atoms with Crippen LogP contribution in [0.2, 0.25) is 0 Å². The molecule has 67 valence electrons. The zero-order chi connectivity index (χ0) is 8.81. The molecule has 1 radical (unpaired) electrons. The molecule has 0 aromatic rings. The van der Waals surface area contributed by atoms with E-state index in [0.717, 1.165) is 6.42 Å². The molecule has 1 rings (SSSR count). The van der Waals surface area contributed by atoms with E-state index >= 15 is 0 Å². The van der Waals surface area contributed by atoms with E-state index in [-0.39, 0.29) is 6.04 Å². The van der Waals surface area contributed by atoms with Gasteiger partial charge in [0.05, 0.1) is 6.04 Å². The van der Waals surface area contributed by atoms with Gasteiger partial charge in [0.1, 0.15) is 0 Å². The molecule has 1 atom stereocenters. The maximum Gasteiger partial charge on any atom is 0.235 e. The predicted octanol–water partition coefficient (Wildman–Crippen LogP) is 2.50. The molecule has 0 bridgehead atoms. The fourth-order valence-electron chi connectivity index (χ4n) is 1.99. The molecule has 0 N–H and O–H groups in total. The zero-order valence-corrected chi connectivity index (χ0v) is 7.46. The second kappa shape index (κ2) is 5.10. The average Bonchev–Trinajstić information content (AvgIpc) is 2.15. The summed E-state index contributed by atoms with van der Waals surface area (Å²) in [5.74, 6) is 0.595. The average molecular weight is 166 g/mol. The first-order valence-electron chi connectivity index (χ1n) is 4.74. The highest BCUT2D eigenvalue weighted by atomic mass is 16.1. The number of nitrogens with zero attached hydrogens (tertiary/aromatic N) is 1. The second-order valence-corrected chi connectivity index (χ2v) is 3.47. The Balaban J connectivity index is 2.45. The quantitative estimate of drug-likeness (QED) is 0.468. The van der Waals surface area contributed by atoms with E-state index in [2.05, 4.69) is 11.9 Å². The third kappa shape index (κ3) is 2.46. The van der Waals surface area contributed by atoms with Crippen LogP contribution in [0, 0.1) is 12.8 Å². The van der Waals surface area contributed by atoms with E-state index in [1.54, 1.807) is 6.08 Å².